The van der Waals surface area contributed by atoms with Crippen molar-refractivity contribution in [3.63, 3.8) is 0 Å². The first-order chi connectivity index (χ1) is 8.79. The number of carboxylic acids is 1. The lowest BCUT2D eigenvalue weighted by molar-refractivity contribution is -0.156. The number of aliphatic carboxylic acids is 1. The fraction of sp³-hybridized carbons (Fsp3) is 0.700. The number of ether oxygens (including phenoxy) is 1. The molecule has 0 saturated heterocycles. The van der Waals surface area contributed by atoms with Gasteiger partial charge in [-0.3, -0.25) is 14.4 Å². The predicted octanol–water partition coefficient (Wildman–Crippen LogP) is -2.96. The van der Waals surface area contributed by atoms with Crippen molar-refractivity contribution in [2.24, 2.45) is 0 Å². The van der Waals surface area contributed by atoms with Crippen molar-refractivity contribution < 1.29 is 44.7 Å². The van der Waals surface area contributed by atoms with Crippen molar-refractivity contribution in [1.29, 1.82) is 0 Å². The van der Waals surface area contributed by atoms with E-state index >= 15 is 0 Å². The maximum Gasteiger partial charge on any atom is 0.306 e. The molecule has 9 heteroatoms. The lowest BCUT2D eigenvalue weighted by atomic mass is 10.1. The van der Waals surface area contributed by atoms with E-state index in [2.05, 4.69) is 4.74 Å². The van der Waals surface area contributed by atoms with Gasteiger partial charge in [0.1, 0.15) is 31.5 Å². The molecule has 0 unspecified atom stereocenters. The summed E-state index contributed by atoms with van der Waals surface area (Å²) >= 11 is 0. The summed E-state index contributed by atoms with van der Waals surface area (Å²) in [5.74, 6) is -3.19. The molecule has 9 nitrogen and oxygen atoms in total. The monoisotopic (exact) mass is 280 g/mol. The van der Waals surface area contributed by atoms with Crippen LogP contribution < -0.4 is 0 Å². The summed E-state index contributed by atoms with van der Waals surface area (Å²) in [7, 11) is 0. The van der Waals surface area contributed by atoms with Gasteiger partial charge in [-0.1, -0.05) is 0 Å². The van der Waals surface area contributed by atoms with E-state index in [1.807, 2.05) is 0 Å². The van der Waals surface area contributed by atoms with Gasteiger partial charge in [-0.2, -0.15) is 0 Å². The number of aliphatic hydroxyl groups excluding tert-OH is 4. The molecule has 0 aromatic rings. The number of carbonyl (C=O) groups is 3. The number of Topliss-reactive ketones (excluding diaryl/α,β-unsaturated/α-hetero) is 1. The normalized spacial score (nSPS) is 15.4. The van der Waals surface area contributed by atoms with E-state index in [-0.39, 0.29) is 0 Å². The molecule has 110 valence electrons. The van der Waals surface area contributed by atoms with E-state index < -0.39 is 62.1 Å². The average molecular weight is 280 g/mol. The molecule has 0 aromatic heterocycles. The molecular weight excluding hydrogens is 264 g/mol. The summed E-state index contributed by atoms with van der Waals surface area (Å²) in [5, 5.41) is 44.5. The maximum atomic E-state index is 11.0. The van der Waals surface area contributed by atoms with Crippen LogP contribution in [0, 0.1) is 0 Å². The Kier molecular flexibility index (Phi) is 7.84. The van der Waals surface area contributed by atoms with E-state index in [4.69, 9.17) is 15.3 Å². The Balaban J connectivity index is 4.09. The fourth-order valence-corrected chi connectivity index (χ4v) is 1.05. The van der Waals surface area contributed by atoms with Gasteiger partial charge in [0.05, 0.1) is 12.8 Å². The van der Waals surface area contributed by atoms with Crippen LogP contribution in [-0.4, -0.2) is 74.8 Å². The number of carbonyl (C=O) groups excluding carboxylic acids is 2. The van der Waals surface area contributed by atoms with Crippen molar-refractivity contribution >= 4 is 17.7 Å². The van der Waals surface area contributed by atoms with E-state index in [0.29, 0.717) is 0 Å². The molecule has 0 bridgehead atoms. The molecule has 0 aliphatic rings. The van der Waals surface area contributed by atoms with Crippen molar-refractivity contribution in [3.05, 3.63) is 0 Å². The summed E-state index contributed by atoms with van der Waals surface area (Å²) in [4.78, 5) is 32.0. The van der Waals surface area contributed by atoms with Gasteiger partial charge in [0.2, 0.25) is 0 Å². The number of esters is 1. The quantitative estimate of drug-likeness (QED) is 0.278. The first-order valence-electron chi connectivity index (χ1n) is 5.34. The van der Waals surface area contributed by atoms with Gasteiger partial charge in [-0.05, 0) is 0 Å². The molecule has 0 saturated carbocycles. The zero-order valence-corrected chi connectivity index (χ0v) is 9.93. The summed E-state index contributed by atoms with van der Waals surface area (Å²) in [6.45, 7) is -1.72. The molecule has 5 N–H and O–H groups in total. The minimum absolute atomic E-state index is 0.406. The number of aliphatic hydroxyl groups is 4. The highest BCUT2D eigenvalue weighted by molar-refractivity contribution is 5.84. The second kappa shape index (κ2) is 8.53. The van der Waals surface area contributed by atoms with Gasteiger partial charge in [-0.15, -0.1) is 0 Å². The Morgan fingerprint density at radius 1 is 1.05 bits per heavy atom. The van der Waals surface area contributed by atoms with Crippen LogP contribution in [0.4, 0.5) is 0 Å². The van der Waals surface area contributed by atoms with Crippen molar-refractivity contribution in [1.82, 2.24) is 0 Å². The maximum absolute atomic E-state index is 11.0. The third-order valence-corrected chi connectivity index (χ3v) is 2.16. The zero-order valence-electron chi connectivity index (χ0n) is 9.93. The highest BCUT2D eigenvalue weighted by atomic mass is 16.5. The van der Waals surface area contributed by atoms with Crippen LogP contribution >= 0.6 is 0 Å². The molecule has 0 heterocycles. The van der Waals surface area contributed by atoms with E-state index in [1.54, 1.807) is 0 Å². The topological polar surface area (TPSA) is 162 Å². The van der Waals surface area contributed by atoms with Crippen LogP contribution in [0.15, 0.2) is 0 Å². The van der Waals surface area contributed by atoms with E-state index in [1.165, 1.54) is 0 Å². The Morgan fingerprint density at radius 2 is 1.63 bits per heavy atom. The summed E-state index contributed by atoms with van der Waals surface area (Å²) in [6.07, 6.45) is -6.51. The van der Waals surface area contributed by atoms with Crippen LogP contribution in [0.5, 0.6) is 0 Å². The molecule has 0 aliphatic carbocycles. The largest absolute Gasteiger partial charge is 0.481 e. The third kappa shape index (κ3) is 6.82. The van der Waals surface area contributed by atoms with Gasteiger partial charge in [0.25, 0.3) is 0 Å². The molecule has 0 radical (unpaired) electrons. The SMILES string of the molecule is O=C(O)CCC(=O)OC[C@@H](O)[C@@H](O)[C@H](O)C(=O)CO. The van der Waals surface area contributed by atoms with E-state index in [0.717, 1.165) is 0 Å². The highest BCUT2D eigenvalue weighted by Crippen LogP contribution is 2.03. The first-order valence-corrected chi connectivity index (χ1v) is 5.34. The second-order valence-corrected chi connectivity index (χ2v) is 3.70. The zero-order chi connectivity index (χ0) is 15.0. The highest BCUT2D eigenvalue weighted by Gasteiger charge is 2.30. The summed E-state index contributed by atoms with van der Waals surface area (Å²) in [5.41, 5.74) is 0. The number of ketones is 1. The molecule has 0 aliphatic heterocycles. The van der Waals surface area contributed by atoms with Gasteiger partial charge >= 0.3 is 11.9 Å². The van der Waals surface area contributed by atoms with E-state index in [9.17, 15) is 24.6 Å². The Labute approximate surface area is 108 Å². The molecule has 0 fully saturated rings. The minimum Gasteiger partial charge on any atom is -0.481 e. The van der Waals surface area contributed by atoms with Crippen molar-refractivity contribution in [2.45, 2.75) is 31.2 Å². The smallest absolute Gasteiger partial charge is 0.306 e. The standard InChI is InChI=1S/C10H16O9/c11-3-5(12)9(17)10(18)6(13)4-19-8(16)2-1-7(14)15/h6,9-11,13,17-18H,1-4H2,(H,14,15)/t6-,9-,10-/m1/s1. The lowest BCUT2D eigenvalue weighted by Gasteiger charge is -2.21. The molecular formula is C10H16O9. The van der Waals surface area contributed by atoms with Crippen LogP contribution in [0.2, 0.25) is 0 Å². The van der Waals surface area contributed by atoms with Crippen LogP contribution in [0.3, 0.4) is 0 Å². The summed E-state index contributed by atoms with van der Waals surface area (Å²) < 4.78 is 4.44. The molecule has 3 atom stereocenters. The molecule has 0 aromatic carbocycles. The Hall–Kier alpha value is -1.55. The van der Waals surface area contributed by atoms with Crippen LogP contribution in [-0.2, 0) is 19.1 Å². The average Bonchev–Trinajstić information content (AvgIpc) is 2.39. The molecule has 19 heavy (non-hydrogen) atoms. The number of hydrogen-bond donors (Lipinski definition) is 5. The first kappa shape index (κ1) is 17.4. The number of carboxylic acid groups (broad SMARTS) is 1. The van der Waals surface area contributed by atoms with Crippen molar-refractivity contribution in [3.8, 4) is 0 Å². The second-order valence-electron chi connectivity index (χ2n) is 3.70. The van der Waals surface area contributed by atoms with Gasteiger partial charge in [-0.25, -0.2) is 0 Å². The molecule has 0 spiro atoms. The predicted molar refractivity (Wildman–Crippen MR) is 57.9 cm³/mol. The molecule has 0 rings (SSSR count). The molecule has 0 amide bonds. The van der Waals surface area contributed by atoms with Gasteiger partial charge in [0.15, 0.2) is 5.78 Å². The minimum atomic E-state index is -2.00. The van der Waals surface area contributed by atoms with Gasteiger partial charge < -0.3 is 30.3 Å². The Morgan fingerprint density at radius 3 is 2.11 bits per heavy atom. The van der Waals surface area contributed by atoms with Crippen LogP contribution in [0.25, 0.3) is 0 Å². The van der Waals surface area contributed by atoms with Crippen LogP contribution in [0.1, 0.15) is 12.8 Å². The number of rotatable bonds is 9. The van der Waals surface area contributed by atoms with Crippen molar-refractivity contribution in [2.75, 3.05) is 13.2 Å². The fourth-order valence-electron chi connectivity index (χ4n) is 1.05. The lowest BCUT2D eigenvalue weighted by Crippen LogP contribution is -2.45. The Bertz CT molecular complexity index is 327. The third-order valence-electron chi connectivity index (χ3n) is 2.16. The summed E-state index contributed by atoms with van der Waals surface area (Å²) in [6, 6.07) is 0. The van der Waals surface area contributed by atoms with Gasteiger partial charge in [0, 0.05) is 0 Å². The number of hydrogen-bond acceptors (Lipinski definition) is 8.